The molecule has 0 bridgehead atoms. The summed E-state index contributed by atoms with van der Waals surface area (Å²) >= 11 is 15.5. The van der Waals surface area contributed by atoms with Crippen LogP contribution in [-0.4, -0.2) is 0 Å². The molecule has 0 saturated carbocycles. The van der Waals surface area contributed by atoms with Crippen LogP contribution in [0.25, 0.3) is 0 Å². The van der Waals surface area contributed by atoms with Gasteiger partial charge in [-0.3, -0.25) is 0 Å². The third kappa shape index (κ3) is 3.15. The zero-order valence-corrected chi connectivity index (χ0v) is 11.9. The lowest BCUT2D eigenvalue weighted by atomic mass is 10.2. The van der Waals surface area contributed by atoms with Crippen LogP contribution in [0.3, 0.4) is 0 Å². The Morgan fingerprint density at radius 2 is 1.65 bits per heavy atom. The maximum atomic E-state index is 6.12. The summed E-state index contributed by atoms with van der Waals surface area (Å²) in [5, 5.41) is 1.90. The van der Waals surface area contributed by atoms with Gasteiger partial charge in [0.25, 0.3) is 0 Å². The van der Waals surface area contributed by atoms with E-state index in [0.717, 1.165) is 10.9 Å². The summed E-state index contributed by atoms with van der Waals surface area (Å²) in [4.78, 5) is 0. The molecule has 2 aromatic rings. The summed E-state index contributed by atoms with van der Waals surface area (Å²) < 4.78 is 5.66. The Morgan fingerprint density at radius 3 is 2.29 bits per heavy atom. The van der Waals surface area contributed by atoms with Gasteiger partial charge in [0.2, 0.25) is 0 Å². The van der Waals surface area contributed by atoms with Crippen LogP contribution in [0.5, 0.6) is 11.5 Å². The Morgan fingerprint density at radius 1 is 0.941 bits per heavy atom. The van der Waals surface area contributed by atoms with Crippen molar-refractivity contribution >= 4 is 39.1 Å². The molecule has 0 aliphatic carbocycles. The number of ether oxygens (including phenoxy) is 1. The summed E-state index contributed by atoms with van der Waals surface area (Å²) in [6, 6.07) is 12.9. The van der Waals surface area contributed by atoms with Crippen LogP contribution in [0.2, 0.25) is 10.0 Å². The van der Waals surface area contributed by atoms with Crippen molar-refractivity contribution < 1.29 is 4.74 Å². The summed E-state index contributed by atoms with van der Waals surface area (Å²) in [5.41, 5.74) is 1.10. The molecule has 1 nitrogen and oxygen atoms in total. The van der Waals surface area contributed by atoms with Crippen molar-refractivity contribution in [1.82, 2.24) is 0 Å². The average molecular weight is 332 g/mol. The molecule has 17 heavy (non-hydrogen) atoms. The second-order valence-electron chi connectivity index (χ2n) is 3.43. The van der Waals surface area contributed by atoms with E-state index < -0.39 is 0 Å². The fraction of sp³-hybridized carbons (Fsp3) is 0.0769. The molecule has 0 heterocycles. The Hall–Kier alpha value is -0.700. The SMILES string of the molecule is Clc1ccccc1Oc1ccc(CBr)cc1Cl. The maximum Gasteiger partial charge on any atom is 0.146 e. The van der Waals surface area contributed by atoms with Gasteiger partial charge in [0, 0.05) is 5.33 Å². The Labute approximate surface area is 118 Å². The van der Waals surface area contributed by atoms with Crippen molar-refractivity contribution in [2.75, 3.05) is 0 Å². The van der Waals surface area contributed by atoms with Crippen molar-refractivity contribution in [3.05, 3.63) is 58.1 Å². The van der Waals surface area contributed by atoms with Gasteiger partial charge in [-0.05, 0) is 29.8 Å². The van der Waals surface area contributed by atoms with Gasteiger partial charge >= 0.3 is 0 Å². The smallest absolute Gasteiger partial charge is 0.146 e. The lowest BCUT2D eigenvalue weighted by molar-refractivity contribution is 0.483. The number of halogens is 3. The van der Waals surface area contributed by atoms with Crippen molar-refractivity contribution in [3.63, 3.8) is 0 Å². The Bertz CT molecular complexity index is 529. The van der Waals surface area contributed by atoms with Crippen molar-refractivity contribution in [1.29, 1.82) is 0 Å². The largest absolute Gasteiger partial charge is 0.454 e. The Kier molecular flexibility index (Phi) is 4.32. The molecule has 0 spiro atoms. The van der Waals surface area contributed by atoms with Crippen LogP contribution < -0.4 is 4.74 Å². The number of alkyl halides is 1. The topological polar surface area (TPSA) is 9.23 Å². The van der Waals surface area contributed by atoms with E-state index in [1.54, 1.807) is 12.1 Å². The van der Waals surface area contributed by atoms with Gasteiger partial charge < -0.3 is 4.74 Å². The standard InChI is InChI=1S/C13H9BrCl2O/c14-8-9-5-6-13(11(16)7-9)17-12-4-2-1-3-10(12)15/h1-7H,8H2. The fourth-order valence-electron chi connectivity index (χ4n) is 1.36. The molecular weight excluding hydrogens is 323 g/mol. The Balaban J connectivity index is 2.28. The van der Waals surface area contributed by atoms with Crippen LogP contribution in [-0.2, 0) is 5.33 Å². The van der Waals surface area contributed by atoms with Crippen LogP contribution in [0.4, 0.5) is 0 Å². The average Bonchev–Trinajstić information content (AvgIpc) is 2.34. The van der Waals surface area contributed by atoms with Gasteiger partial charge in [-0.25, -0.2) is 0 Å². The van der Waals surface area contributed by atoms with E-state index in [2.05, 4.69) is 15.9 Å². The van der Waals surface area contributed by atoms with E-state index in [-0.39, 0.29) is 0 Å². The zero-order chi connectivity index (χ0) is 12.3. The van der Waals surface area contributed by atoms with Gasteiger partial charge in [0.05, 0.1) is 10.0 Å². The van der Waals surface area contributed by atoms with E-state index in [4.69, 9.17) is 27.9 Å². The van der Waals surface area contributed by atoms with Crippen LogP contribution in [0.1, 0.15) is 5.56 Å². The zero-order valence-electron chi connectivity index (χ0n) is 8.79. The predicted octanol–water partition coefficient (Wildman–Crippen LogP) is 5.68. The number of benzene rings is 2. The van der Waals surface area contributed by atoms with Gasteiger partial charge in [-0.1, -0.05) is 57.3 Å². The molecule has 0 saturated heterocycles. The molecule has 0 aromatic heterocycles. The lowest BCUT2D eigenvalue weighted by Gasteiger charge is -2.09. The minimum atomic E-state index is 0.563. The number of rotatable bonds is 3. The minimum absolute atomic E-state index is 0.563. The van der Waals surface area contributed by atoms with Gasteiger partial charge in [0.15, 0.2) is 0 Å². The molecule has 88 valence electrons. The number of para-hydroxylation sites is 1. The summed E-state index contributed by atoms with van der Waals surface area (Å²) in [7, 11) is 0. The van der Waals surface area contributed by atoms with Gasteiger partial charge in [0.1, 0.15) is 11.5 Å². The van der Waals surface area contributed by atoms with Crippen molar-refractivity contribution in [3.8, 4) is 11.5 Å². The molecule has 0 fully saturated rings. The van der Waals surface area contributed by atoms with Crippen LogP contribution >= 0.6 is 39.1 Å². The van der Waals surface area contributed by atoms with E-state index in [1.165, 1.54) is 0 Å². The molecule has 2 rings (SSSR count). The van der Waals surface area contributed by atoms with Gasteiger partial charge in [-0.15, -0.1) is 0 Å². The molecule has 0 unspecified atom stereocenters. The first-order chi connectivity index (χ1) is 8.20. The highest BCUT2D eigenvalue weighted by Crippen LogP contribution is 2.33. The molecular formula is C13H9BrCl2O. The fourth-order valence-corrected chi connectivity index (χ4v) is 2.12. The molecule has 0 aliphatic rings. The molecule has 0 radical (unpaired) electrons. The third-order valence-corrected chi connectivity index (χ3v) is 3.46. The third-order valence-electron chi connectivity index (χ3n) is 2.21. The highest BCUT2D eigenvalue weighted by atomic mass is 79.9. The number of hydrogen-bond acceptors (Lipinski definition) is 1. The maximum absolute atomic E-state index is 6.12. The van der Waals surface area contributed by atoms with Crippen LogP contribution in [0.15, 0.2) is 42.5 Å². The van der Waals surface area contributed by atoms with E-state index >= 15 is 0 Å². The van der Waals surface area contributed by atoms with Crippen molar-refractivity contribution in [2.45, 2.75) is 5.33 Å². The highest BCUT2D eigenvalue weighted by Gasteiger charge is 2.06. The molecule has 2 aromatic carbocycles. The highest BCUT2D eigenvalue weighted by molar-refractivity contribution is 9.08. The molecule has 0 amide bonds. The van der Waals surface area contributed by atoms with E-state index in [9.17, 15) is 0 Å². The molecule has 0 N–H and O–H groups in total. The summed E-state index contributed by atoms with van der Waals surface area (Å²) in [5.74, 6) is 1.20. The predicted molar refractivity (Wildman–Crippen MR) is 75.6 cm³/mol. The normalized spacial score (nSPS) is 10.3. The summed E-state index contributed by atoms with van der Waals surface area (Å²) in [6.45, 7) is 0. The molecule has 4 heteroatoms. The van der Waals surface area contributed by atoms with Crippen molar-refractivity contribution in [2.24, 2.45) is 0 Å². The first-order valence-electron chi connectivity index (χ1n) is 4.97. The first kappa shape index (κ1) is 12.7. The monoisotopic (exact) mass is 330 g/mol. The van der Waals surface area contributed by atoms with E-state index in [0.29, 0.717) is 21.5 Å². The number of hydrogen-bond donors (Lipinski definition) is 0. The second kappa shape index (κ2) is 5.76. The molecule has 0 atom stereocenters. The van der Waals surface area contributed by atoms with E-state index in [1.807, 2.05) is 30.3 Å². The van der Waals surface area contributed by atoms with Crippen LogP contribution in [0, 0.1) is 0 Å². The second-order valence-corrected chi connectivity index (χ2v) is 4.81. The molecule has 0 aliphatic heterocycles. The summed E-state index contributed by atoms with van der Waals surface area (Å²) in [6.07, 6.45) is 0. The quantitative estimate of drug-likeness (QED) is 0.657. The first-order valence-corrected chi connectivity index (χ1v) is 6.85. The minimum Gasteiger partial charge on any atom is -0.454 e. The lowest BCUT2D eigenvalue weighted by Crippen LogP contribution is -1.87. The van der Waals surface area contributed by atoms with Gasteiger partial charge in [-0.2, -0.15) is 0 Å².